The molecule has 0 spiro atoms. The highest BCUT2D eigenvalue weighted by Gasteiger charge is 2.09. The Labute approximate surface area is 149 Å². The Kier molecular flexibility index (Phi) is 6.55. The number of aliphatic imine (C=N–C) groups is 1. The number of benzene rings is 1. The van der Waals surface area contributed by atoms with Gasteiger partial charge in [-0.05, 0) is 55.7 Å². The van der Waals surface area contributed by atoms with Gasteiger partial charge >= 0.3 is 0 Å². The fourth-order valence-corrected chi connectivity index (χ4v) is 2.95. The molecule has 134 valence electrons. The first kappa shape index (κ1) is 17.6. The number of hydrogen-bond donors (Lipinski definition) is 0. The average Bonchev–Trinajstić information content (AvgIpc) is 3.30. The number of aryl methyl sites for hydroxylation is 2. The van der Waals surface area contributed by atoms with Gasteiger partial charge in [0.1, 0.15) is 18.1 Å². The third-order valence-corrected chi connectivity index (χ3v) is 4.31. The minimum atomic E-state index is 0.689. The van der Waals surface area contributed by atoms with Crippen LogP contribution in [0.3, 0.4) is 0 Å². The fraction of sp³-hybridized carbons (Fsp3) is 0.476. The number of furan rings is 1. The van der Waals surface area contributed by atoms with E-state index in [1.54, 1.807) is 0 Å². The van der Waals surface area contributed by atoms with E-state index in [0.29, 0.717) is 6.61 Å². The molecule has 2 heterocycles. The number of rotatable bonds is 10. The summed E-state index contributed by atoms with van der Waals surface area (Å²) in [5.74, 6) is 2.77. The molecule has 1 aromatic heterocycles. The maximum atomic E-state index is 5.81. The summed E-state index contributed by atoms with van der Waals surface area (Å²) in [6, 6.07) is 10.1. The van der Waals surface area contributed by atoms with Gasteiger partial charge < -0.3 is 13.9 Å². The van der Waals surface area contributed by atoms with Gasteiger partial charge in [-0.25, -0.2) is 4.99 Å². The maximum absolute atomic E-state index is 5.81. The number of ether oxygens (including phenoxy) is 2. The van der Waals surface area contributed by atoms with Crippen LogP contribution in [0.4, 0.5) is 0 Å². The van der Waals surface area contributed by atoms with Crippen molar-refractivity contribution in [1.29, 1.82) is 0 Å². The molecule has 0 bridgehead atoms. The Bertz CT molecular complexity index is 673. The molecule has 0 radical (unpaired) electrons. The van der Waals surface area contributed by atoms with Crippen molar-refractivity contribution in [2.24, 2.45) is 4.99 Å². The predicted molar refractivity (Wildman–Crippen MR) is 99.5 cm³/mol. The van der Waals surface area contributed by atoms with Crippen molar-refractivity contribution in [3.05, 3.63) is 53.5 Å². The molecule has 1 aromatic carbocycles. The zero-order valence-corrected chi connectivity index (χ0v) is 15.0. The van der Waals surface area contributed by atoms with Gasteiger partial charge in [-0.15, -0.1) is 0 Å². The molecule has 1 aliphatic rings. The van der Waals surface area contributed by atoms with Crippen molar-refractivity contribution >= 4 is 5.90 Å². The van der Waals surface area contributed by atoms with Crippen LogP contribution in [0, 0.1) is 6.92 Å². The predicted octanol–water partition coefficient (Wildman–Crippen LogP) is 4.94. The largest absolute Gasteiger partial charge is 0.494 e. The molecule has 0 atom stereocenters. The van der Waals surface area contributed by atoms with Gasteiger partial charge in [0.2, 0.25) is 5.90 Å². The number of nitrogens with zero attached hydrogens (tertiary/aromatic N) is 1. The number of hydrogen-bond acceptors (Lipinski definition) is 4. The molecular formula is C21H27NO3. The molecule has 4 heteroatoms. The van der Waals surface area contributed by atoms with Gasteiger partial charge in [0, 0.05) is 12.0 Å². The summed E-state index contributed by atoms with van der Waals surface area (Å²) in [5.41, 5.74) is 2.24. The van der Waals surface area contributed by atoms with Gasteiger partial charge in [0.05, 0.1) is 19.4 Å². The second-order valence-electron chi connectivity index (χ2n) is 6.52. The van der Waals surface area contributed by atoms with Gasteiger partial charge in [-0.2, -0.15) is 0 Å². The summed E-state index contributed by atoms with van der Waals surface area (Å²) in [6.45, 7) is 4.29. The Balaban J connectivity index is 1.23. The average molecular weight is 341 g/mol. The van der Waals surface area contributed by atoms with E-state index in [2.05, 4.69) is 18.0 Å². The second-order valence-corrected chi connectivity index (χ2v) is 6.52. The molecule has 4 nitrogen and oxygen atoms in total. The SMILES string of the molecule is Cc1coc(CCCCCCCOc2ccc(C3=NCCO3)cc2)c1. The molecule has 0 amide bonds. The van der Waals surface area contributed by atoms with Crippen LogP contribution >= 0.6 is 0 Å². The fourth-order valence-electron chi connectivity index (χ4n) is 2.95. The van der Waals surface area contributed by atoms with E-state index in [9.17, 15) is 0 Å². The first-order valence-electron chi connectivity index (χ1n) is 9.26. The van der Waals surface area contributed by atoms with E-state index in [-0.39, 0.29) is 0 Å². The number of unbranched alkanes of at least 4 members (excludes halogenated alkanes) is 4. The van der Waals surface area contributed by atoms with Crippen LogP contribution in [0.1, 0.15) is 49.0 Å². The van der Waals surface area contributed by atoms with Crippen LogP contribution in [-0.4, -0.2) is 25.7 Å². The van der Waals surface area contributed by atoms with Crippen LogP contribution in [0.15, 0.2) is 46.0 Å². The Morgan fingerprint density at radius 1 is 1.04 bits per heavy atom. The Morgan fingerprint density at radius 3 is 2.56 bits per heavy atom. The Morgan fingerprint density at radius 2 is 1.84 bits per heavy atom. The van der Waals surface area contributed by atoms with E-state index in [4.69, 9.17) is 13.9 Å². The first-order valence-corrected chi connectivity index (χ1v) is 9.26. The molecular weight excluding hydrogens is 314 g/mol. The van der Waals surface area contributed by atoms with Gasteiger partial charge in [-0.1, -0.05) is 19.3 Å². The summed E-state index contributed by atoms with van der Waals surface area (Å²) >= 11 is 0. The summed E-state index contributed by atoms with van der Waals surface area (Å²) in [6.07, 6.45) is 8.87. The third kappa shape index (κ3) is 5.66. The van der Waals surface area contributed by atoms with Crippen LogP contribution in [0.25, 0.3) is 0 Å². The van der Waals surface area contributed by atoms with E-state index in [0.717, 1.165) is 49.0 Å². The normalized spacial score (nSPS) is 13.6. The maximum Gasteiger partial charge on any atom is 0.216 e. The molecule has 0 fully saturated rings. The molecule has 0 saturated heterocycles. The highest BCUT2D eigenvalue weighted by molar-refractivity contribution is 5.94. The van der Waals surface area contributed by atoms with Crippen LogP contribution < -0.4 is 4.74 Å². The molecule has 3 rings (SSSR count). The van der Waals surface area contributed by atoms with Crippen molar-refractivity contribution in [1.82, 2.24) is 0 Å². The lowest BCUT2D eigenvalue weighted by Crippen LogP contribution is -2.01. The van der Waals surface area contributed by atoms with Crippen molar-refractivity contribution in [3.63, 3.8) is 0 Å². The van der Waals surface area contributed by atoms with E-state index < -0.39 is 0 Å². The summed E-state index contributed by atoms with van der Waals surface area (Å²) in [5, 5.41) is 0. The zero-order chi connectivity index (χ0) is 17.3. The molecule has 25 heavy (non-hydrogen) atoms. The first-order chi connectivity index (χ1) is 12.3. The quantitative estimate of drug-likeness (QED) is 0.575. The van der Waals surface area contributed by atoms with E-state index >= 15 is 0 Å². The van der Waals surface area contributed by atoms with Gasteiger partial charge in [-0.3, -0.25) is 0 Å². The third-order valence-electron chi connectivity index (χ3n) is 4.31. The minimum Gasteiger partial charge on any atom is -0.494 e. The lowest BCUT2D eigenvalue weighted by molar-refractivity contribution is 0.304. The molecule has 1 aliphatic heterocycles. The van der Waals surface area contributed by atoms with Crippen molar-refractivity contribution in [3.8, 4) is 5.75 Å². The van der Waals surface area contributed by atoms with Crippen molar-refractivity contribution < 1.29 is 13.9 Å². The highest BCUT2D eigenvalue weighted by atomic mass is 16.5. The molecule has 2 aromatic rings. The van der Waals surface area contributed by atoms with Crippen LogP contribution in [-0.2, 0) is 11.2 Å². The van der Waals surface area contributed by atoms with E-state index in [1.807, 2.05) is 30.5 Å². The smallest absolute Gasteiger partial charge is 0.216 e. The lowest BCUT2D eigenvalue weighted by atomic mass is 10.1. The van der Waals surface area contributed by atoms with Crippen LogP contribution in [0.5, 0.6) is 5.75 Å². The molecule has 0 saturated carbocycles. The molecule has 0 N–H and O–H groups in total. The van der Waals surface area contributed by atoms with Gasteiger partial charge in [0.25, 0.3) is 0 Å². The molecule has 0 unspecified atom stereocenters. The summed E-state index contributed by atoms with van der Waals surface area (Å²) in [4.78, 5) is 4.31. The van der Waals surface area contributed by atoms with Gasteiger partial charge in [0.15, 0.2) is 0 Å². The molecule has 0 aliphatic carbocycles. The van der Waals surface area contributed by atoms with Crippen LogP contribution in [0.2, 0.25) is 0 Å². The Hall–Kier alpha value is -2.23. The second kappa shape index (κ2) is 9.30. The lowest BCUT2D eigenvalue weighted by Gasteiger charge is -2.07. The van der Waals surface area contributed by atoms with Crippen molar-refractivity contribution in [2.45, 2.75) is 45.4 Å². The zero-order valence-electron chi connectivity index (χ0n) is 15.0. The highest BCUT2D eigenvalue weighted by Crippen LogP contribution is 2.16. The van der Waals surface area contributed by atoms with Crippen molar-refractivity contribution in [2.75, 3.05) is 19.8 Å². The van der Waals surface area contributed by atoms with E-state index in [1.165, 1.54) is 31.2 Å². The topological polar surface area (TPSA) is 44.0 Å². The summed E-state index contributed by atoms with van der Waals surface area (Å²) in [7, 11) is 0. The monoisotopic (exact) mass is 341 g/mol. The summed E-state index contributed by atoms with van der Waals surface area (Å²) < 4.78 is 16.7. The standard InChI is InChI=1S/C21H27NO3/c1-17-15-20(25-16-17)7-5-3-2-4-6-13-23-19-10-8-18(9-11-19)21-22-12-14-24-21/h8-11,15-16H,2-7,12-14H2,1H3. The minimum absolute atomic E-state index is 0.689.